The van der Waals surface area contributed by atoms with Crippen LogP contribution in [0.1, 0.15) is 22.8 Å². The van der Waals surface area contributed by atoms with Gasteiger partial charge in [0.05, 0.1) is 12.2 Å². The van der Waals surface area contributed by atoms with E-state index in [2.05, 4.69) is 5.32 Å². The van der Waals surface area contributed by atoms with E-state index in [1.165, 1.54) is 18.2 Å². The first kappa shape index (κ1) is 15.3. The number of hydrogen-bond acceptors (Lipinski definition) is 2. The van der Waals surface area contributed by atoms with Crippen molar-refractivity contribution in [2.45, 2.75) is 13.5 Å². The third kappa shape index (κ3) is 3.95. The number of benzene rings is 2. The Morgan fingerprint density at radius 2 is 2.05 bits per heavy atom. The number of para-hydroxylation sites is 1. The summed E-state index contributed by atoms with van der Waals surface area (Å²) < 4.78 is 19.1. The number of carbonyl (C=O) groups is 1. The molecule has 0 saturated carbocycles. The van der Waals surface area contributed by atoms with E-state index in [0.717, 1.165) is 5.56 Å². The molecule has 0 spiro atoms. The largest absolute Gasteiger partial charge is 0.494 e. The summed E-state index contributed by atoms with van der Waals surface area (Å²) in [6.45, 7) is 2.67. The molecule has 2 rings (SSSR count). The Bertz CT molecular complexity index is 646. The van der Waals surface area contributed by atoms with Crippen LogP contribution >= 0.6 is 11.6 Å². The van der Waals surface area contributed by atoms with Crippen LogP contribution in [-0.4, -0.2) is 12.5 Å². The number of halogens is 2. The lowest BCUT2D eigenvalue weighted by Crippen LogP contribution is -2.24. The monoisotopic (exact) mass is 307 g/mol. The van der Waals surface area contributed by atoms with Gasteiger partial charge in [0.15, 0.2) is 0 Å². The van der Waals surface area contributed by atoms with Crippen LogP contribution in [0, 0.1) is 5.82 Å². The van der Waals surface area contributed by atoms with Crippen LogP contribution in [0.25, 0.3) is 0 Å². The average Bonchev–Trinajstić information content (AvgIpc) is 2.49. The highest BCUT2D eigenvalue weighted by atomic mass is 35.5. The zero-order valence-corrected chi connectivity index (χ0v) is 12.3. The molecule has 0 saturated heterocycles. The Morgan fingerprint density at radius 3 is 2.81 bits per heavy atom. The fourth-order valence-electron chi connectivity index (χ4n) is 1.89. The van der Waals surface area contributed by atoms with Gasteiger partial charge in [-0.15, -0.1) is 0 Å². The van der Waals surface area contributed by atoms with Gasteiger partial charge in [-0.3, -0.25) is 4.79 Å². The molecule has 0 fully saturated rings. The fraction of sp³-hybridized carbons (Fsp3) is 0.188. The van der Waals surface area contributed by atoms with E-state index in [-0.39, 0.29) is 12.1 Å². The Labute approximate surface area is 127 Å². The van der Waals surface area contributed by atoms with Gasteiger partial charge < -0.3 is 10.1 Å². The summed E-state index contributed by atoms with van der Waals surface area (Å²) in [5, 5.41) is 2.98. The average molecular weight is 308 g/mol. The van der Waals surface area contributed by atoms with Crippen LogP contribution in [0.3, 0.4) is 0 Å². The molecule has 2 aromatic carbocycles. The summed E-state index contributed by atoms with van der Waals surface area (Å²) >= 11 is 5.78. The first-order chi connectivity index (χ1) is 10.1. The molecule has 110 valence electrons. The van der Waals surface area contributed by atoms with Crippen molar-refractivity contribution in [1.82, 2.24) is 5.32 Å². The molecule has 5 heteroatoms. The van der Waals surface area contributed by atoms with Crippen molar-refractivity contribution in [3.05, 3.63) is 64.4 Å². The topological polar surface area (TPSA) is 38.3 Å². The van der Waals surface area contributed by atoms with E-state index in [0.29, 0.717) is 17.4 Å². The van der Waals surface area contributed by atoms with Gasteiger partial charge >= 0.3 is 0 Å². The van der Waals surface area contributed by atoms with Crippen molar-refractivity contribution in [3.63, 3.8) is 0 Å². The van der Waals surface area contributed by atoms with Crippen molar-refractivity contribution in [3.8, 4) is 5.75 Å². The molecule has 0 atom stereocenters. The summed E-state index contributed by atoms with van der Waals surface area (Å²) in [6, 6.07) is 11.3. The number of amides is 1. The predicted molar refractivity (Wildman–Crippen MR) is 80.2 cm³/mol. The molecule has 0 aromatic heterocycles. The molecule has 3 nitrogen and oxygen atoms in total. The lowest BCUT2D eigenvalue weighted by atomic mass is 10.1. The number of hydrogen-bond donors (Lipinski definition) is 1. The minimum Gasteiger partial charge on any atom is -0.494 e. The fourth-order valence-corrected chi connectivity index (χ4v) is 2.06. The maximum Gasteiger partial charge on any atom is 0.254 e. The summed E-state index contributed by atoms with van der Waals surface area (Å²) in [6.07, 6.45) is 0. The van der Waals surface area contributed by atoms with Gasteiger partial charge in [0, 0.05) is 17.1 Å². The van der Waals surface area contributed by atoms with Crippen LogP contribution in [0.5, 0.6) is 5.75 Å². The molecule has 0 unspecified atom stereocenters. The van der Waals surface area contributed by atoms with E-state index in [1.54, 1.807) is 0 Å². The second-order valence-electron chi connectivity index (χ2n) is 4.35. The van der Waals surface area contributed by atoms with Crippen molar-refractivity contribution in [2.75, 3.05) is 6.61 Å². The molecule has 0 aliphatic carbocycles. The standard InChI is InChI=1S/C16H15ClFNO2/c1-2-21-15-6-4-3-5-11(15)10-19-16(20)13-9-12(17)7-8-14(13)18/h3-9H,2,10H2,1H3,(H,19,20). The first-order valence-electron chi connectivity index (χ1n) is 6.55. The van der Waals surface area contributed by atoms with Gasteiger partial charge in [0.1, 0.15) is 11.6 Å². The SMILES string of the molecule is CCOc1ccccc1CNC(=O)c1cc(Cl)ccc1F. The van der Waals surface area contributed by atoms with Gasteiger partial charge in [-0.25, -0.2) is 4.39 Å². The van der Waals surface area contributed by atoms with Crippen LogP contribution in [0.2, 0.25) is 5.02 Å². The molecule has 0 radical (unpaired) electrons. The predicted octanol–water partition coefficient (Wildman–Crippen LogP) is 3.81. The molecule has 21 heavy (non-hydrogen) atoms. The van der Waals surface area contributed by atoms with Crippen molar-refractivity contribution in [2.24, 2.45) is 0 Å². The number of carbonyl (C=O) groups excluding carboxylic acids is 1. The van der Waals surface area contributed by atoms with Crippen LogP contribution in [0.4, 0.5) is 4.39 Å². The quantitative estimate of drug-likeness (QED) is 0.912. The van der Waals surface area contributed by atoms with Gasteiger partial charge in [-0.05, 0) is 31.2 Å². The molecule has 1 amide bonds. The van der Waals surface area contributed by atoms with E-state index in [9.17, 15) is 9.18 Å². The highest BCUT2D eigenvalue weighted by Crippen LogP contribution is 2.18. The molecule has 1 N–H and O–H groups in total. The molecule has 0 bridgehead atoms. The van der Waals surface area contributed by atoms with Crippen molar-refractivity contribution < 1.29 is 13.9 Å². The molecule has 0 aliphatic rings. The number of ether oxygens (including phenoxy) is 1. The normalized spacial score (nSPS) is 10.2. The van der Waals surface area contributed by atoms with Crippen LogP contribution in [-0.2, 0) is 6.54 Å². The Morgan fingerprint density at radius 1 is 1.29 bits per heavy atom. The van der Waals surface area contributed by atoms with E-state index >= 15 is 0 Å². The number of nitrogens with one attached hydrogen (secondary N) is 1. The zero-order valence-electron chi connectivity index (χ0n) is 11.5. The molecular formula is C16H15ClFNO2. The molecule has 0 aliphatic heterocycles. The van der Waals surface area contributed by atoms with E-state index in [1.807, 2.05) is 31.2 Å². The summed E-state index contributed by atoms with van der Waals surface area (Å²) in [5.41, 5.74) is 0.756. The molecule has 0 heterocycles. The van der Waals surface area contributed by atoms with Crippen molar-refractivity contribution >= 4 is 17.5 Å². The van der Waals surface area contributed by atoms with E-state index in [4.69, 9.17) is 16.3 Å². The maximum atomic E-state index is 13.6. The summed E-state index contributed by atoms with van der Waals surface area (Å²) in [4.78, 5) is 12.0. The smallest absolute Gasteiger partial charge is 0.254 e. The van der Waals surface area contributed by atoms with Gasteiger partial charge in [0.2, 0.25) is 0 Å². The highest BCUT2D eigenvalue weighted by molar-refractivity contribution is 6.31. The van der Waals surface area contributed by atoms with Gasteiger partial charge in [-0.1, -0.05) is 29.8 Å². The third-order valence-electron chi connectivity index (χ3n) is 2.88. The zero-order chi connectivity index (χ0) is 15.2. The molecule has 2 aromatic rings. The van der Waals surface area contributed by atoms with Crippen LogP contribution in [0.15, 0.2) is 42.5 Å². The lowest BCUT2D eigenvalue weighted by molar-refractivity contribution is 0.0946. The first-order valence-corrected chi connectivity index (χ1v) is 6.93. The Balaban J connectivity index is 2.09. The number of rotatable bonds is 5. The minimum absolute atomic E-state index is 0.0728. The Kier molecular flexibility index (Phi) is 5.17. The van der Waals surface area contributed by atoms with Crippen molar-refractivity contribution in [1.29, 1.82) is 0 Å². The second kappa shape index (κ2) is 7.09. The Hall–Kier alpha value is -2.07. The second-order valence-corrected chi connectivity index (χ2v) is 4.78. The minimum atomic E-state index is -0.602. The van der Waals surface area contributed by atoms with Gasteiger partial charge in [0.25, 0.3) is 5.91 Å². The lowest BCUT2D eigenvalue weighted by Gasteiger charge is -2.11. The summed E-state index contributed by atoms with van der Waals surface area (Å²) in [7, 11) is 0. The third-order valence-corrected chi connectivity index (χ3v) is 3.12. The van der Waals surface area contributed by atoms with E-state index < -0.39 is 11.7 Å². The molecular weight excluding hydrogens is 293 g/mol. The van der Waals surface area contributed by atoms with Crippen LogP contribution < -0.4 is 10.1 Å². The van der Waals surface area contributed by atoms with Gasteiger partial charge in [-0.2, -0.15) is 0 Å². The maximum absolute atomic E-state index is 13.6. The summed E-state index contributed by atoms with van der Waals surface area (Å²) in [5.74, 6) is -0.414. The highest BCUT2D eigenvalue weighted by Gasteiger charge is 2.12.